The molecule has 0 N–H and O–H groups in total. The van der Waals surface area contributed by atoms with Crippen LogP contribution in [0.25, 0.3) is 0 Å². The molecule has 0 saturated heterocycles. The molecule has 0 aromatic carbocycles. The van der Waals surface area contributed by atoms with E-state index >= 15 is 0 Å². The minimum Gasteiger partial charge on any atom is -0.103 e. The van der Waals surface area contributed by atoms with E-state index in [9.17, 15) is 0 Å². The molecule has 2 aliphatic rings. The fourth-order valence-corrected chi connectivity index (χ4v) is 3.27. The van der Waals surface area contributed by atoms with Crippen LogP contribution in [0.3, 0.4) is 0 Å². The SMILES string of the molecule is C=C[C@@H]1CC[C@H]2[C@@H]1CC[C@H]2C=C. The second-order valence-corrected chi connectivity index (χ2v) is 4.28. The molecule has 0 aliphatic heterocycles. The highest BCUT2D eigenvalue weighted by Gasteiger charge is 2.42. The Kier molecular flexibility index (Phi) is 2.08. The van der Waals surface area contributed by atoms with Gasteiger partial charge >= 0.3 is 0 Å². The summed E-state index contributed by atoms with van der Waals surface area (Å²) in [5.74, 6) is 3.54. The number of hydrogen-bond donors (Lipinski definition) is 0. The van der Waals surface area contributed by atoms with Crippen LogP contribution in [-0.4, -0.2) is 0 Å². The van der Waals surface area contributed by atoms with E-state index in [2.05, 4.69) is 25.3 Å². The van der Waals surface area contributed by atoms with Crippen molar-refractivity contribution in [1.29, 1.82) is 0 Å². The lowest BCUT2D eigenvalue weighted by Crippen LogP contribution is -2.10. The zero-order chi connectivity index (χ0) is 8.55. The van der Waals surface area contributed by atoms with Crippen molar-refractivity contribution in [2.24, 2.45) is 23.7 Å². The molecule has 0 nitrogen and oxygen atoms in total. The standard InChI is InChI=1S/C12H18/c1-3-9-5-7-12-10(4-2)6-8-11(9)12/h3-4,9-12H,1-2,5-8H2/t9-,10-,11-,12-/m1/s1. The number of fused-ring (bicyclic) bond motifs is 1. The first kappa shape index (κ1) is 8.10. The minimum absolute atomic E-state index is 0.819. The van der Waals surface area contributed by atoms with Gasteiger partial charge < -0.3 is 0 Å². The number of hydrogen-bond acceptors (Lipinski definition) is 0. The van der Waals surface area contributed by atoms with E-state index < -0.39 is 0 Å². The van der Waals surface area contributed by atoms with Crippen molar-refractivity contribution < 1.29 is 0 Å². The molecule has 2 aliphatic carbocycles. The van der Waals surface area contributed by atoms with Gasteiger partial charge in [-0.1, -0.05) is 12.2 Å². The summed E-state index contributed by atoms with van der Waals surface area (Å²) in [6.07, 6.45) is 9.94. The first-order valence-electron chi connectivity index (χ1n) is 5.12. The highest BCUT2D eigenvalue weighted by Crippen LogP contribution is 2.51. The van der Waals surface area contributed by atoms with Crippen LogP contribution in [0.5, 0.6) is 0 Å². The van der Waals surface area contributed by atoms with Gasteiger partial charge in [0.25, 0.3) is 0 Å². The Morgan fingerprint density at radius 3 is 1.50 bits per heavy atom. The second-order valence-electron chi connectivity index (χ2n) is 4.28. The molecular weight excluding hydrogens is 144 g/mol. The van der Waals surface area contributed by atoms with Gasteiger partial charge in [0.2, 0.25) is 0 Å². The maximum absolute atomic E-state index is 3.93. The van der Waals surface area contributed by atoms with Gasteiger partial charge in [0.05, 0.1) is 0 Å². The van der Waals surface area contributed by atoms with E-state index in [1.807, 2.05) is 0 Å². The molecule has 0 bridgehead atoms. The summed E-state index contributed by atoms with van der Waals surface area (Å²) in [7, 11) is 0. The molecule has 12 heavy (non-hydrogen) atoms. The predicted molar refractivity (Wildman–Crippen MR) is 52.8 cm³/mol. The van der Waals surface area contributed by atoms with Crippen LogP contribution in [0.4, 0.5) is 0 Å². The quantitative estimate of drug-likeness (QED) is 0.546. The Morgan fingerprint density at radius 1 is 0.750 bits per heavy atom. The van der Waals surface area contributed by atoms with Crippen LogP contribution in [0.1, 0.15) is 25.7 Å². The third-order valence-corrected chi connectivity index (χ3v) is 3.92. The molecule has 2 fully saturated rings. The predicted octanol–water partition coefficient (Wildman–Crippen LogP) is 3.41. The smallest absolute Gasteiger partial charge is 0.0205 e. The molecule has 0 spiro atoms. The summed E-state index contributed by atoms with van der Waals surface area (Å²) in [6.45, 7) is 7.86. The van der Waals surface area contributed by atoms with Crippen LogP contribution in [-0.2, 0) is 0 Å². The molecule has 0 heteroatoms. The summed E-state index contributed by atoms with van der Waals surface area (Å²) in [6, 6.07) is 0. The van der Waals surface area contributed by atoms with Crippen molar-refractivity contribution in [2.75, 3.05) is 0 Å². The molecular formula is C12H18. The van der Waals surface area contributed by atoms with Gasteiger partial charge in [-0.15, -0.1) is 13.2 Å². The maximum atomic E-state index is 3.93. The summed E-state index contributed by atoms with van der Waals surface area (Å²) in [5.41, 5.74) is 0. The fraction of sp³-hybridized carbons (Fsp3) is 0.667. The summed E-state index contributed by atoms with van der Waals surface area (Å²) in [4.78, 5) is 0. The number of rotatable bonds is 2. The molecule has 0 aromatic heterocycles. The highest BCUT2D eigenvalue weighted by molar-refractivity contribution is 5.03. The molecule has 4 atom stereocenters. The van der Waals surface area contributed by atoms with Gasteiger partial charge in [-0.25, -0.2) is 0 Å². The van der Waals surface area contributed by atoms with Gasteiger partial charge in [-0.05, 0) is 49.4 Å². The number of allylic oxidation sites excluding steroid dienone is 2. The van der Waals surface area contributed by atoms with Crippen molar-refractivity contribution in [3.63, 3.8) is 0 Å². The summed E-state index contributed by atoms with van der Waals surface area (Å²) >= 11 is 0. The molecule has 0 heterocycles. The van der Waals surface area contributed by atoms with Gasteiger partial charge in [0, 0.05) is 0 Å². The van der Waals surface area contributed by atoms with E-state index in [0.717, 1.165) is 23.7 Å². The zero-order valence-electron chi connectivity index (χ0n) is 7.71. The minimum atomic E-state index is 0.819. The molecule has 0 aromatic rings. The van der Waals surface area contributed by atoms with Crippen molar-refractivity contribution >= 4 is 0 Å². The summed E-state index contributed by atoms with van der Waals surface area (Å²) < 4.78 is 0. The normalized spacial score (nSPS) is 45.7. The molecule has 2 rings (SSSR count). The van der Waals surface area contributed by atoms with Crippen molar-refractivity contribution in [2.45, 2.75) is 25.7 Å². The van der Waals surface area contributed by atoms with Crippen LogP contribution in [0.2, 0.25) is 0 Å². The van der Waals surface area contributed by atoms with Gasteiger partial charge in [-0.3, -0.25) is 0 Å². The van der Waals surface area contributed by atoms with Crippen molar-refractivity contribution in [3.05, 3.63) is 25.3 Å². The Labute approximate surface area is 75.4 Å². The second kappa shape index (κ2) is 3.08. The molecule has 2 saturated carbocycles. The van der Waals surface area contributed by atoms with Gasteiger partial charge in [0.1, 0.15) is 0 Å². The highest BCUT2D eigenvalue weighted by atomic mass is 14.5. The lowest BCUT2D eigenvalue weighted by molar-refractivity contribution is 0.374. The third-order valence-electron chi connectivity index (χ3n) is 3.92. The molecule has 0 amide bonds. The van der Waals surface area contributed by atoms with E-state index in [1.54, 1.807) is 0 Å². The van der Waals surface area contributed by atoms with Gasteiger partial charge in [0.15, 0.2) is 0 Å². The van der Waals surface area contributed by atoms with E-state index in [-0.39, 0.29) is 0 Å². The topological polar surface area (TPSA) is 0 Å². The summed E-state index contributed by atoms with van der Waals surface area (Å²) in [5, 5.41) is 0. The first-order chi connectivity index (χ1) is 5.86. The maximum Gasteiger partial charge on any atom is -0.0205 e. The van der Waals surface area contributed by atoms with Crippen LogP contribution in [0.15, 0.2) is 25.3 Å². The Bertz CT molecular complexity index is 170. The first-order valence-corrected chi connectivity index (χ1v) is 5.12. The Balaban J connectivity index is 2.10. The largest absolute Gasteiger partial charge is 0.103 e. The third kappa shape index (κ3) is 1.05. The zero-order valence-corrected chi connectivity index (χ0v) is 7.71. The molecule has 0 radical (unpaired) electrons. The molecule has 66 valence electrons. The van der Waals surface area contributed by atoms with Crippen LogP contribution < -0.4 is 0 Å². The lowest BCUT2D eigenvalue weighted by Gasteiger charge is -2.16. The lowest BCUT2D eigenvalue weighted by atomic mass is 9.89. The average molecular weight is 162 g/mol. The monoisotopic (exact) mass is 162 g/mol. The Hall–Kier alpha value is -0.520. The fourth-order valence-electron chi connectivity index (χ4n) is 3.27. The van der Waals surface area contributed by atoms with Crippen molar-refractivity contribution in [1.82, 2.24) is 0 Å². The van der Waals surface area contributed by atoms with Crippen LogP contribution in [0, 0.1) is 23.7 Å². The van der Waals surface area contributed by atoms with E-state index in [1.165, 1.54) is 25.7 Å². The Morgan fingerprint density at radius 2 is 1.17 bits per heavy atom. The molecule has 0 unspecified atom stereocenters. The van der Waals surface area contributed by atoms with E-state index in [0.29, 0.717) is 0 Å². The average Bonchev–Trinajstić information content (AvgIpc) is 2.62. The van der Waals surface area contributed by atoms with E-state index in [4.69, 9.17) is 0 Å². The van der Waals surface area contributed by atoms with Crippen molar-refractivity contribution in [3.8, 4) is 0 Å². The van der Waals surface area contributed by atoms with Gasteiger partial charge in [-0.2, -0.15) is 0 Å². The van der Waals surface area contributed by atoms with Crippen LogP contribution >= 0.6 is 0 Å².